The maximum absolute atomic E-state index is 12.7. The molecule has 1 fully saturated rings. The summed E-state index contributed by atoms with van der Waals surface area (Å²) in [5.74, 6) is 0.0866. The lowest BCUT2D eigenvalue weighted by atomic mass is 10.1. The van der Waals surface area contributed by atoms with E-state index in [9.17, 15) is 9.59 Å². The zero-order valence-corrected chi connectivity index (χ0v) is 19.0. The Morgan fingerprint density at radius 1 is 1.15 bits per heavy atom. The molecular formula is C24H24N4O4S. The Balaban J connectivity index is 1.24. The first-order valence-electron chi connectivity index (χ1n) is 10.8. The average Bonchev–Trinajstić information content (AvgIpc) is 3.33. The molecule has 0 radical (unpaired) electrons. The number of aromatic nitrogens is 1. The third kappa shape index (κ3) is 4.55. The molecule has 1 N–H and O–H groups in total. The number of carbonyl (C=O) groups excluding carboxylic acids is 2. The summed E-state index contributed by atoms with van der Waals surface area (Å²) >= 11 is 1.62. The van der Waals surface area contributed by atoms with Gasteiger partial charge in [-0.3, -0.25) is 14.5 Å². The van der Waals surface area contributed by atoms with E-state index in [0.717, 1.165) is 42.7 Å². The molecule has 3 heterocycles. The van der Waals surface area contributed by atoms with Crippen molar-refractivity contribution >= 4 is 39.7 Å². The van der Waals surface area contributed by atoms with Crippen LogP contribution in [-0.2, 0) is 14.3 Å². The van der Waals surface area contributed by atoms with E-state index < -0.39 is 6.10 Å². The van der Waals surface area contributed by atoms with Crippen LogP contribution in [0.5, 0.6) is 5.75 Å². The average molecular weight is 465 g/mol. The van der Waals surface area contributed by atoms with Crippen molar-refractivity contribution in [3.63, 3.8) is 0 Å². The standard InChI is InChI=1S/C24H24N4O4S/c1-16-23(30)28(20-4-2-3-5-21(20)32-16)14-22(29)25-18-8-6-17(7-9-18)19-15-33-24(26-19)27-10-12-31-13-11-27/h2-9,15-16H,10-14H2,1H3,(H,25,29). The molecular weight excluding hydrogens is 440 g/mol. The van der Waals surface area contributed by atoms with E-state index in [-0.39, 0.29) is 18.4 Å². The first-order chi connectivity index (χ1) is 16.1. The molecule has 9 heteroatoms. The zero-order chi connectivity index (χ0) is 22.8. The SMILES string of the molecule is CC1Oc2ccccc2N(CC(=O)Nc2ccc(-c3csc(N4CCOCC4)n3)cc2)C1=O. The molecule has 0 bridgehead atoms. The van der Waals surface area contributed by atoms with Crippen molar-refractivity contribution in [3.05, 3.63) is 53.9 Å². The Hall–Kier alpha value is -3.43. The summed E-state index contributed by atoms with van der Waals surface area (Å²) in [6.07, 6.45) is -0.632. The summed E-state index contributed by atoms with van der Waals surface area (Å²) in [7, 11) is 0. The highest BCUT2D eigenvalue weighted by molar-refractivity contribution is 7.14. The predicted molar refractivity (Wildman–Crippen MR) is 128 cm³/mol. The molecule has 0 saturated carbocycles. The second-order valence-electron chi connectivity index (χ2n) is 7.89. The molecule has 1 aromatic heterocycles. The van der Waals surface area contributed by atoms with Crippen molar-refractivity contribution in [2.75, 3.05) is 48.0 Å². The number of fused-ring (bicyclic) bond motifs is 1. The van der Waals surface area contributed by atoms with Crippen LogP contribution >= 0.6 is 11.3 Å². The molecule has 2 aliphatic rings. The zero-order valence-electron chi connectivity index (χ0n) is 18.2. The summed E-state index contributed by atoms with van der Waals surface area (Å²) in [6.45, 7) is 4.76. The number of hydrogen-bond donors (Lipinski definition) is 1. The van der Waals surface area contributed by atoms with Gasteiger partial charge in [0.2, 0.25) is 5.91 Å². The summed E-state index contributed by atoms with van der Waals surface area (Å²) in [5.41, 5.74) is 3.15. The minimum atomic E-state index is -0.632. The normalized spacial score (nSPS) is 18.0. The van der Waals surface area contributed by atoms with Gasteiger partial charge in [0.25, 0.3) is 5.91 Å². The first kappa shape index (κ1) is 21.4. The summed E-state index contributed by atoms with van der Waals surface area (Å²) < 4.78 is 11.0. The van der Waals surface area contributed by atoms with Crippen molar-refractivity contribution in [2.24, 2.45) is 0 Å². The van der Waals surface area contributed by atoms with E-state index in [2.05, 4.69) is 10.2 Å². The van der Waals surface area contributed by atoms with Gasteiger partial charge < -0.3 is 19.7 Å². The van der Waals surface area contributed by atoms with Gasteiger partial charge in [-0.15, -0.1) is 11.3 Å². The summed E-state index contributed by atoms with van der Waals surface area (Å²) in [4.78, 5) is 33.8. The summed E-state index contributed by atoms with van der Waals surface area (Å²) in [5, 5.41) is 5.92. The van der Waals surface area contributed by atoms with Crippen molar-refractivity contribution in [3.8, 4) is 17.0 Å². The number of para-hydroxylation sites is 2. The minimum absolute atomic E-state index is 0.0830. The van der Waals surface area contributed by atoms with Crippen LogP contribution < -0.4 is 19.9 Å². The smallest absolute Gasteiger partial charge is 0.268 e. The Labute approximate surface area is 195 Å². The molecule has 2 aromatic carbocycles. The molecule has 5 rings (SSSR count). The van der Waals surface area contributed by atoms with E-state index in [1.807, 2.05) is 41.8 Å². The Morgan fingerprint density at radius 3 is 2.70 bits per heavy atom. The van der Waals surface area contributed by atoms with Gasteiger partial charge in [0, 0.05) is 29.7 Å². The van der Waals surface area contributed by atoms with Gasteiger partial charge in [0.15, 0.2) is 11.2 Å². The van der Waals surface area contributed by atoms with Crippen LogP contribution in [0.3, 0.4) is 0 Å². The molecule has 3 aromatic rings. The highest BCUT2D eigenvalue weighted by Crippen LogP contribution is 2.33. The molecule has 8 nitrogen and oxygen atoms in total. The maximum atomic E-state index is 12.7. The third-order valence-electron chi connectivity index (χ3n) is 5.61. The Kier molecular flexibility index (Phi) is 5.97. The number of anilines is 3. The van der Waals surface area contributed by atoms with Gasteiger partial charge in [0.1, 0.15) is 12.3 Å². The van der Waals surface area contributed by atoms with E-state index in [1.54, 1.807) is 30.4 Å². The molecule has 1 atom stereocenters. The number of carbonyl (C=O) groups is 2. The lowest BCUT2D eigenvalue weighted by molar-refractivity contribution is -0.127. The second kappa shape index (κ2) is 9.21. The van der Waals surface area contributed by atoms with Crippen molar-refractivity contribution in [1.82, 2.24) is 4.98 Å². The van der Waals surface area contributed by atoms with Gasteiger partial charge in [-0.1, -0.05) is 24.3 Å². The number of rotatable bonds is 5. The Morgan fingerprint density at radius 2 is 1.91 bits per heavy atom. The lowest BCUT2D eigenvalue weighted by Gasteiger charge is -2.32. The second-order valence-corrected chi connectivity index (χ2v) is 8.73. The maximum Gasteiger partial charge on any atom is 0.268 e. The van der Waals surface area contributed by atoms with Crippen LogP contribution in [0.1, 0.15) is 6.92 Å². The van der Waals surface area contributed by atoms with Gasteiger partial charge in [-0.05, 0) is 31.2 Å². The van der Waals surface area contributed by atoms with Gasteiger partial charge in [-0.2, -0.15) is 0 Å². The highest BCUT2D eigenvalue weighted by atomic mass is 32.1. The van der Waals surface area contributed by atoms with Crippen LogP contribution in [0.25, 0.3) is 11.3 Å². The van der Waals surface area contributed by atoms with Gasteiger partial charge in [-0.25, -0.2) is 4.98 Å². The van der Waals surface area contributed by atoms with Gasteiger partial charge in [0.05, 0.1) is 24.6 Å². The fraction of sp³-hybridized carbons (Fsp3) is 0.292. The lowest BCUT2D eigenvalue weighted by Crippen LogP contribution is -2.47. The number of morpholine rings is 1. The molecule has 0 aliphatic carbocycles. The third-order valence-corrected chi connectivity index (χ3v) is 6.51. The van der Waals surface area contributed by atoms with Crippen molar-refractivity contribution in [2.45, 2.75) is 13.0 Å². The van der Waals surface area contributed by atoms with E-state index in [4.69, 9.17) is 14.5 Å². The number of nitrogens with one attached hydrogen (secondary N) is 1. The topological polar surface area (TPSA) is 84.0 Å². The molecule has 1 unspecified atom stereocenters. The fourth-order valence-corrected chi connectivity index (χ4v) is 4.78. The molecule has 2 amide bonds. The number of benzene rings is 2. The predicted octanol–water partition coefficient (Wildman–Crippen LogP) is 3.40. The number of nitrogens with zero attached hydrogens (tertiary/aromatic N) is 3. The first-order valence-corrected chi connectivity index (χ1v) is 11.7. The van der Waals surface area contributed by atoms with Crippen LogP contribution in [0.4, 0.5) is 16.5 Å². The molecule has 1 saturated heterocycles. The van der Waals surface area contributed by atoms with Crippen LogP contribution in [0.2, 0.25) is 0 Å². The molecule has 170 valence electrons. The van der Waals surface area contributed by atoms with Crippen LogP contribution in [0.15, 0.2) is 53.9 Å². The van der Waals surface area contributed by atoms with Crippen LogP contribution in [0, 0.1) is 0 Å². The number of thiazole rings is 1. The highest BCUT2D eigenvalue weighted by Gasteiger charge is 2.32. The van der Waals surface area contributed by atoms with E-state index in [0.29, 0.717) is 17.1 Å². The fourth-order valence-electron chi connectivity index (χ4n) is 3.89. The number of hydrogen-bond acceptors (Lipinski definition) is 7. The monoisotopic (exact) mass is 464 g/mol. The number of amides is 2. The number of ether oxygens (including phenoxy) is 2. The molecule has 0 spiro atoms. The van der Waals surface area contributed by atoms with Crippen LogP contribution in [-0.4, -0.2) is 55.8 Å². The van der Waals surface area contributed by atoms with Gasteiger partial charge >= 0.3 is 0 Å². The molecule has 33 heavy (non-hydrogen) atoms. The molecule has 2 aliphatic heterocycles. The quantitative estimate of drug-likeness (QED) is 0.623. The van der Waals surface area contributed by atoms with Crippen molar-refractivity contribution < 1.29 is 19.1 Å². The van der Waals surface area contributed by atoms with E-state index >= 15 is 0 Å². The summed E-state index contributed by atoms with van der Waals surface area (Å²) in [6, 6.07) is 14.8. The van der Waals surface area contributed by atoms with E-state index in [1.165, 1.54) is 4.90 Å². The Bertz CT molecular complexity index is 1160. The largest absolute Gasteiger partial charge is 0.479 e. The van der Waals surface area contributed by atoms with Crippen molar-refractivity contribution in [1.29, 1.82) is 0 Å². The minimum Gasteiger partial charge on any atom is -0.479 e.